The van der Waals surface area contributed by atoms with Gasteiger partial charge in [0.1, 0.15) is 0 Å². The summed E-state index contributed by atoms with van der Waals surface area (Å²) < 4.78 is 0. The van der Waals surface area contributed by atoms with Gasteiger partial charge in [0.2, 0.25) is 0 Å². The zero-order valence-corrected chi connectivity index (χ0v) is 6.96. The summed E-state index contributed by atoms with van der Waals surface area (Å²) in [5.74, 6) is 0. The highest BCUT2D eigenvalue weighted by Crippen LogP contribution is 2.31. The van der Waals surface area contributed by atoms with Crippen LogP contribution in [0.1, 0.15) is 12.8 Å². The van der Waals surface area contributed by atoms with Crippen LogP contribution in [0.25, 0.3) is 0 Å². The molecule has 1 aliphatic carbocycles. The topological polar surface area (TPSA) is 50.9 Å². The Bertz CT molecular complexity index is 254. The molecule has 0 radical (unpaired) electrons. The van der Waals surface area contributed by atoms with Gasteiger partial charge in [-0.05, 0) is 25.0 Å². The van der Waals surface area contributed by atoms with Crippen LogP contribution in [-0.2, 0) is 0 Å². The second-order valence-corrected chi connectivity index (χ2v) is 3.45. The van der Waals surface area contributed by atoms with Gasteiger partial charge in [0, 0.05) is 30.2 Å². The zero-order chi connectivity index (χ0) is 8.44. The van der Waals surface area contributed by atoms with Crippen LogP contribution in [0.5, 0.6) is 0 Å². The van der Waals surface area contributed by atoms with Crippen LogP contribution in [0.4, 0.5) is 5.69 Å². The predicted molar refractivity (Wildman–Crippen MR) is 48.9 cm³/mol. The van der Waals surface area contributed by atoms with Crippen LogP contribution in [0.15, 0.2) is 24.5 Å². The van der Waals surface area contributed by atoms with Gasteiger partial charge in [-0.25, -0.2) is 0 Å². The number of anilines is 1. The van der Waals surface area contributed by atoms with E-state index in [4.69, 9.17) is 5.73 Å². The smallest absolute Gasteiger partial charge is 0.0371 e. The van der Waals surface area contributed by atoms with Crippen LogP contribution in [0, 0.1) is 0 Å². The van der Waals surface area contributed by atoms with Crippen molar-refractivity contribution in [2.75, 3.05) is 11.9 Å². The fraction of sp³-hybridized carbons (Fsp3) is 0.444. The predicted octanol–water partition coefficient (Wildman–Crippen LogP) is 0.985. The van der Waals surface area contributed by atoms with Gasteiger partial charge in [-0.15, -0.1) is 0 Å². The molecule has 3 heteroatoms. The van der Waals surface area contributed by atoms with Crippen molar-refractivity contribution in [3.05, 3.63) is 24.5 Å². The molecule has 3 N–H and O–H groups in total. The lowest BCUT2D eigenvalue weighted by Crippen LogP contribution is -2.30. The van der Waals surface area contributed by atoms with Crippen molar-refractivity contribution in [1.82, 2.24) is 4.98 Å². The largest absolute Gasteiger partial charge is 0.383 e. The summed E-state index contributed by atoms with van der Waals surface area (Å²) in [5.41, 5.74) is 7.09. The molecule has 0 aromatic carbocycles. The maximum absolute atomic E-state index is 5.92. The molecule has 3 nitrogen and oxygen atoms in total. The van der Waals surface area contributed by atoms with Crippen LogP contribution in [0.2, 0.25) is 0 Å². The van der Waals surface area contributed by atoms with Gasteiger partial charge >= 0.3 is 0 Å². The van der Waals surface area contributed by atoms with E-state index < -0.39 is 0 Å². The third-order valence-electron chi connectivity index (χ3n) is 2.22. The van der Waals surface area contributed by atoms with Gasteiger partial charge < -0.3 is 11.1 Å². The molecule has 12 heavy (non-hydrogen) atoms. The van der Waals surface area contributed by atoms with Crippen molar-refractivity contribution in [1.29, 1.82) is 0 Å². The highest BCUT2D eigenvalue weighted by atomic mass is 15.0. The number of nitrogens with zero attached hydrogens (tertiary/aromatic N) is 1. The molecule has 0 bridgehead atoms. The number of aromatic nitrogens is 1. The number of rotatable bonds is 3. The maximum atomic E-state index is 5.92. The molecule has 1 aromatic heterocycles. The highest BCUT2D eigenvalue weighted by Gasteiger charge is 2.37. The van der Waals surface area contributed by atoms with Crippen LogP contribution >= 0.6 is 0 Å². The summed E-state index contributed by atoms with van der Waals surface area (Å²) in [6.07, 6.45) is 5.84. The van der Waals surface area contributed by atoms with E-state index in [1.54, 1.807) is 12.4 Å². The molecule has 1 aliphatic rings. The van der Waals surface area contributed by atoms with Gasteiger partial charge in [0.15, 0.2) is 0 Å². The maximum Gasteiger partial charge on any atom is 0.0371 e. The van der Waals surface area contributed by atoms with Gasteiger partial charge in [-0.3, -0.25) is 4.98 Å². The van der Waals surface area contributed by atoms with E-state index >= 15 is 0 Å². The minimum Gasteiger partial charge on any atom is -0.383 e. The molecule has 0 unspecified atom stereocenters. The molecular formula is C9H13N3. The van der Waals surface area contributed by atoms with E-state index in [0.717, 1.165) is 25.1 Å². The number of nitrogens with one attached hydrogen (secondary N) is 1. The normalized spacial score (nSPS) is 18.8. The molecule has 1 heterocycles. The van der Waals surface area contributed by atoms with Crippen LogP contribution < -0.4 is 11.1 Å². The van der Waals surface area contributed by atoms with Gasteiger partial charge in [0.05, 0.1) is 0 Å². The molecule has 0 spiro atoms. The lowest BCUT2D eigenvalue weighted by molar-refractivity contribution is 0.713. The quantitative estimate of drug-likeness (QED) is 0.698. The first kappa shape index (κ1) is 7.55. The monoisotopic (exact) mass is 163 g/mol. The Morgan fingerprint density at radius 2 is 2.08 bits per heavy atom. The lowest BCUT2D eigenvalue weighted by Gasteiger charge is -2.10. The first-order chi connectivity index (χ1) is 5.79. The molecule has 1 aromatic rings. The average molecular weight is 163 g/mol. The third-order valence-corrected chi connectivity index (χ3v) is 2.22. The Kier molecular flexibility index (Phi) is 1.73. The summed E-state index contributed by atoms with van der Waals surface area (Å²) in [5, 5.41) is 3.28. The highest BCUT2D eigenvalue weighted by molar-refractivity contribution is 5.41. The fourth-order valence-electron chi connectivity index (χ4n) is 1.09. The van der Waals surface area contributed by atoms with E-state index in [0.29, 0.717) is 0 Å². The number of pyridine rings is 1. The standard InChI is InChI=1S/C9H13N3/c10-9(3-4-9)7-12-8-1-5-11-6-2-8/h1-2,5-6H,3-4,7,10H2,(H,11,12). The minimum atomic E-state index is 0.0727. The minimum absolute atomic E-state index is 0.0727. The summed E-state index contributed by atoms with van der Waals surface area (Å²) in [6.45, 7) is 0.872. The van der Waals surface area contributed by atoms with E-state index in [9.17, 15) is 0 Å². The fourth-order valence-corrected chi connectivity index (χ4v) is 1.09. The third kappa shape index (κ3) is 1.74. The number of nitrogens with two attached hydrogens (primary N) is 1. The molecule has 0 aliphatic heterocycles. The molecule has 1 fully saturated rings. The van der Waals surface area contributed by atoms with Crippen molar-refractivity contribution in [2.45, 2.75) is 18.4 Å². The molecule has 1 saturated carbocycles. The Hall–Kier alpha value is -1.09. The first-order valence-corrected chi connectivity index (χ1v) is 4.21. The van der Waals surface area contributed by atoms with E-state index in [-0.39, 0.29) is 5.54 Å². The summed E-state index contributed by atoms with van der Waals surface area (Å²) in [4.78, 5) is 3.93. The number of hydrogen-bond donors (Lipinski definition) is 2. The van der Waals surface area contributed by atoms with Gasteiger partial charge in [-0.2, -0.15) is 0 Å². The Morgan fingerprint density at radius 3 is 2.67 bits per heavy atom. The first-order valence-electron chi connectivity index (χ1n) is 4.21. The number of hydrogen-bond acceptors (Lipinski definition) is 3. The molecule has 0 atom stereocenters. The van der Waals surface area contributed by atoms with Crippen molar-refractivity contribution in [2.24, 2.45) is 5.73 Å². The van der Waals surface area contributed by atoms with Crippen molar-refractivity contribution in [3.8, 4) is 0 Å². The molecule has 2 rings (SSSR count). The van der Waals surface area contributed by atoms with E-state index in [2.05, 4.69) is 10.3 Å². The summed E-state index contributed by atoms with van der Waals surface area (Å²) >= 11 is 0. The van der Waals surface area contributed by atoms with Crippen molar-refractivity contribution < 1.29 is 0 Å². The SMILES string of the molecule is NC1(CNc2ccncc2)CC1. The zero-order valence-electron chi connectivity index (χ0n) is 6.96. The van der Waals surface area contributed by atoms with Crippen molar-refractivity contribution >= 4 is 5.69 Å². The second-order valence-electron chi connectivity index (χ2n) is 3.45. The Balaban J connectivity index is 1.88. The second kappa shape index (κ2) is 2.75. The van der Waals surface area contributed by atoms with Crippen LogP contribution in [-0.4, -0.2) is 17.1 Å². The van der Waals surface area contributed by atoms with Crippen LogP contribution in [0.3, 0.4) is 0 Å². The average Bonchev–Trinajstić information content (AvgIpc) is 2.84. The summed E-state index contributed by atoms with van der Waals surface area (Å²) in [7, 11) is 0. The molecule has 64 valence electrons. The molecule has 0 saturated heterocycles. The van der Waals surface area contributed by atoms with Crippen molar-refractivity contribution in [3.63, 3.8) is 0 Å². The van der Waals surface area contributed by atoms with E-state index in [1.807, 2.05) is 12.1 Å². The van der Waals surface area contributed by atoms with Gasteiger partial charge in [-0.1, -0.05) is 0 Å². The van der Waals surface area contributed by atoms with E-state index in [1.165, 1.54) is 0 Å². The molecule has 0 amide bonds. The Morgan fingerprint density at radius 1 is 1.42 bits per heavy atom. The summed E-state index contributed by atoms with van der Waals surface area (Å²) in [6, 6.07) is 3.90. The lowest BCUT2D eigenvalue weighted by atomic mass is 10.3. The van der Waals surface area contributed by atoms with Gasteiger partial charge in [0.25, 0.3) is 0 Å². The Labute approximate surface area is 72.0 Å². The molecular weight excluding hydrogens is 150 g/mol.